The van der Waals surface area contributed by atoms with Crippen molar-refractivity contribution in [3.8, 4) is 0 Å². The molecule has 0 bridgehead atoms. The molecular weight excluding hydrogens is 342 g/mol. The first-order valence-corrected chi connectivity index (χ1v) is 9.93. The van der Waals surface area contributed by atoms with E-state index in [9.17, 15) is 14.4 Å². The number of anilines is 1. The van der Waals surface area contributed by atoms with Gasteiger partial charge in [-0.15, -0.1) is 0 Å². The Balaban J connectivity index is 1.39. The summed E-state index contributed by atoms with van der Waals surface area (Å²) in [4.78, 5) is 39.5. The van der Waals surface area contributed by atoms with E-state index in [2.05, 4.69) is 33.3 Å². The van der Waals surface area contributed by atoms with Crippen LogP contribution in [-0.4, -0.2) is 41.6 Å². The van der Waals surface area contributed by atoms with Crippen molar-refractivity contribution in [3.63, 3.8) is 0 Å². The van der Waals surface area contributed by atoms with Gasteiger partial charge in [-0.25, -0.2) is 0 Å². The highest BCUT2D eigenvalue weighted by molar-refractivity contribution is 6.00. The molecule has 0 spiro atoms. The van der Waals surface area contributed by atoms with Crippen LogP contribution < -0.4 is 10.2 Å². The third-order valence-electron chi connectivity index (χ3n) is 6.14. The SMILES string of the molecule is CC(=O)CC1CCN(c2ccc3c(c2)CN(C2CCC(=O)NC2=O)C3)CC1. The smallest absolute Gasteiger partial charge is 0.243 e. The van der Waals surface area contributed by atoms with Gasteiger partial charge in [0.25, 0.3) is 0 Å². The van der Waals surface area contributed by atoms with E-state index in [1.54, 1.807) is 6.92 Å². The van der Waals surface area contributed by atoms with Crippen LogP contribution in [0.1, 0.15) is 50.2 Å². The number of benzene rings is 1. The van der Waals surface area contributed by atoms with Crippen LogP contribution in [0.4, 0.5) is 5.69 Å². The number of hydrogen-bond acceptors (Lipinski definition) is 5. The van der Waals surface area contributed by atoms with Crippen molar-refractivity contribution in [2.24, 2.45) is 5.92 Å². The molecule has 0 radical (unpaired) electrons. The molecule has 1 atom stereocenters. The molecule has 3 heterocycles. The fourth-order valence-corrected chi connectivity index (χ4v) is 4.66. The second kappa shape index (κ2) is 7.43. The molecule has 4 rings (SSSR count). The monoisotopic (exact) mass is 369 g/mol. The van der Waals surface area contributed by atoms with E-state index in [0.717, 1.165) is 39.0 Å². The Kier molecular flexibility index (Phi) is 5.00. The largest absolute Gasteiger partial charge is 0.372 e. The number of hydrogen-bond donors (Lipinski definition) is 1. The van der Waals surface area contributed by atoms with Crippen molar-refractivity contribution in [1.29, 1.82) is 0 Å². The summed E-state index contributed by atoms with van der Waals surface area (Å²) in [6.45, 7) is 5.20. The lowest BCUT2D eigenvalue weighted by Gasteiger charge is -2.33. The second-order valence-electron chi connectivity index (χ2n) is 8.16. The molecule has 1 N–H and O–H groups in total. The quantitative estimate of drug-likeness (QED) is 0.822. The lowest BCUT2D eigenvalue weighted by Crippen LogP contribution is -2.50. The Hall–Kier alpha value is -2.21. The third kappa shape index (κ3) is 3.90. The Morgan fingerprint density at radius 2 is 1.85 bits per heavy atom. The first-order valence-electron chi connectivity index (χ1n) is 9.93. The first-order chi connectivity index (χ1) is 13.0. The van der Waals surface area contributed by atoms with Gasteiger partial charge in [0.2, 0.25) is 11.8 Å². The van der Waals surface area contributed by atoms with E-state index in [1.807, 2.05) is 0 Å². The maximum atomic E-state index is 12.2. The number of rotatable bonds is 4. The van der Waals surface area contributed by atoms with E-state index in [-0.39, 0.29) is 17.9 Å². The van der Waals surface area contributed by atoms with Crippen LogP contribution in [0.15, 0.2) is 18.2 Å². The van der Waals surface area contributed by atoms with Crippen LogP contribution in [0.25, 0.3) is 0 Å². The lowest BCUT2D eigenvalue weighted by atomic mass is 9.91. The lowest BCUT2D eigenvalue weighted by molar-refractivity contribution is -0.137. The summed E-state index contributed by atoms with van der Waals surface area (Å²) < 4.78 is 0. The van der Waals surface area contributed by atoms with Crippen LogP contribution in [0.5, 0.6) is 0 Å². The van der Waals surface area contributed by atoms with Crippen LogP contribution in [0, 0.1) is 5.92 Å². The number of fused-ring (bicyclic) bond motifs is 1. The zero-order valence-corrected chi connectivity index (χ0v) is 15.9. The fraction of sp³-hybridized carbons (Fsp3) is 0.571. The zero-order valence-electron chi connectivity index (χ0n) is 15.9. The molecule has 2 fully saturated rings. The van der Waals surface area contributed by atoms with Gasteiger partial charge in [-0.2, -0.15) is 0 Å². The van der Waals surface area contributed by atoms with Crippen molar-refractivity contribution in [2.75, 3.05) is 18.0 Å². The first kappa shape index (κ1) is 18.2. The molecule has 1 aromatic carbocycles. The Morgan fingerprint density at radius 1 is 1.11 bits per heavy atom. The average molecular weight is 369 g/mol. The molecule has 2 amide bonds. The number of piperidine rings is 2. The van der Waals surface area contributed by atoms with Gasteiger partial charge < -0.3 is 9.69 Å². The molecule has 144 valence electrons. The molecule has 0 aromatic heterocycles. The number of carbonyl (C=O) groups is 3. The molecule has 27 heavy (non-hydrogen) atoms. The number of carbonyl (C=O) groups excluding carboxylic acids is 3. The van der Waals surface area contributed by atoms with Crippen LogP contribution in [0.3, 0.4) is 0 Å². The number of imide groups is 1. The molecule has 2 saturated heterocycles. The van der Waals surface area contributed by atoms with Gasteiger partial charge in [0.15, 0.2) is 0 Å². The Labute approximate surface area is 159 Å². The highest BCUT2D eigenvalue weighted by atomic mass is 16.2. The van der Waals surface area contributed by atoms with E-state index in [0.29, 0.717) is 31.0 Å². The van der Waals surface area contributed by atoms with Gasteiger partial charge in [-0.3, -0.25) is 19.8 Å². The molecule has 0 saturated carbocycles. The molecule has 1 aromatic rings. The summed E-state index contributed by atoms with van der Waals surface area (Å²) >= 11 is 0. The molecular formula is C21H27N3O3. The Bertz CT molecular complexity index is 768. The number of nitrogens with one attached hydrogen (secondary N) is 1. The average Bonchev–Trinajstić information content (AvgIpc) is 3.04. The highest BCUT2D eigenvalue weighted by Gasteiger charge is 2.35. The van der Waals surface area contributed by atoms with Crippen molar-refractivity contribution >= 4 is 23.3 Å². The van der Waals surface area contributed by atoms with Crippen molar-refractivity contribution in [2.45, 2.75) is 58.2 Å². The maximum absolute atomic E-state index is 12.2. The number of amides is 2. The summed E-state index contributed by atoms with van der Waals surface area (Å²) in [7, 11) is 0. The second-order valence-corrected chi connectivity index (χ2v) is 8.16. The number of ketones is 1. The highest BCUT2D eigenvalue weighted by Crippen LogP contribution is 2.32. The van der Waals surface area contributed by atoms with Crippen molar-refractivity contribution in [3.05, 3.63) is 29.3 Å². The van der Waals surface area contributed by atoms with E-state index in [4.69, 9.17) is 0 Å². The molecule has 0 aliphatic carbocycles. The molecule has 1 unspecified atom stereocenters. The van der Waals surface area contributed by atoms with E-state index < -0.39 is 0 Å². The number of Topliss-reactive ketones (excluding diaryl/α,β-unsaturated/α-hetero) is 1. The standard InChI is InChI=1S/C21H27N3O3/c1-14(25)10-15-6-8-23(9-7-15)18-3-2-16-12-24(13-17(16)11-18)19-4-5-20(26)22-21(19)27/h2-3,11,15,19H,4-10,12-13H2,1H3,(H,22,26,27). The van der Waals surface area contributed by atoms with E-state index in [1.165, 1.54) is 16.8 Å². The summed E-state index contributed by atoms with van der Waals surface area (Å²) in [5, 5.41) is 2.46. The van der Waals surface area contributed by atoms with E-state index >= 15 is 0 Å². The summed E-state index contributed by atoms with van der Waals surface area (Å²) in [6, 6.07) is 6.41. The molecule has 3 aliphatic heterocycles. The maximum Gasteiger partial charge on any atom is 0.243 e. The van der Waals surface area contributed by atoms with Crippen LogP contribution >= 0.6 is 0 Å². The minimum Gasteiger partial charge on any atom is -0.372 e. The predicted molar refractivity (Wildman–Crippen MR) is 102 cm³/mol. The summed E-state index contributed by atoms with van der Waals surface area (Å²) in [5.41, 5.74) is 3.79. The number of nitrogens with zero attached hydrogens (tertiary/aromatic N) is 2. The van der Waals surface area contributed by atoms with Gasteiger partial charge in [0.05, 0.1) is 6.04 Å². The topological polar surface area (TPSA) is 69.7 Å². The normalized spacial score (nSPS) is 24.0. The van der Waals surface area contributed by atoms with Gasteiger partial charge in [0.1, 0.15) is 5.78 Å². The van der Waals surface area contributed by atoms with Crippen LogP contribution in [0.2, 0.25) is 0 Å². The van der Waals surface area contributed by atoms with Gasteiger partial charge in [0, 0.05) is 44.7 Å². The molecule has 6 nitrogen and oxygen atoms in total. The Morgan fingerprint density at radius 3 is 2.56 bits per heavy atom. The minimum absolute atomic E-state index is 0.160. The van der Waals surface area contributed by atoms with Gasteiger partial charge >= 0.3 is 0 Å². The summed E-state index contributed by atoms with van der Waals surface area (Å²) in [5.74, 6) is 0.492. The van der Waals surface area contributed by atoms with Crippen molar-refractivity contribution in [1.82, 2.24) is 10.2 Å². The third-order valence-corrected chi connectivity index (χ3v) is 6.14. The van der Waals surface area contributed by atoms with Gasteiger partial charge in [-0.1, -0.05) is 6.07 Å². The predicted octanol–water partition coefficient (Wildman–Crippen LogP) is 2.00. The zero-order chi connectivity index (χ0) is 19.0. The van der Waals surface area contributed by atoms with Gasteiger partial charge in [-0.05, 0) is 55.4 Å². The van der Waals surface area contributed by atoms with Crippen molar-refractivity contribution < 1.29 is 14.4 Å². The molecule has 6 heteroatoms. The van der Waals surface area contributed by atoms with Crippen LogP contribution in [-0.2, 0) is 27.5 Å². The minimum atomic E-state index is -0.208. The fourth-order valence-electron chi connectivity index (χ4n) is 4.66. The molecule has 3 aliphatic rings. The summed E-state index contributed by atoms with van der Waals surface area (Å²) in [6.07, 6.45) is 3.87.